The van der Waals surface area contributed by atoms with Crippen LogP contribution in [0.25, 0.3) is 0 Å². The van der Waals surface area contributed by atoms with Crippen LogP contribution < -0.4 is 5.32 Å². The summed E-state index contributed by atoms with van der Waals surface area (Å²) in [6.07, 6.45) is 0.378. The van der Waals surface area contributed by atoms with Crippen molar-refractivity contribution < 1.29 is 14.7 Å². The number of nitrogens with one attached hydrogen (secondary N) is 1. The fourth-order valence-electron chi connectivity index (χ4n) is 2.65. The van der Waals surface area contributed by atoms with Crippen LogP contribution in [0.4, 0.5) is 0 Å². The maximum absolute atomic E-state index is 12.3. The number of benzene rings is 1. The molecule has 0 spiro atoms. The number of carbonyl (C=O) groups excluding carboxylic acids is 1. The van der Waals surface area contributed by atoms with E-state index in [1.807, 2.05) is 45.0 Å². The summed E-state index contributed by atoms with van der Waals surface area (Å²) < 4.78 is 1.61. The number of amides is 1. The van der Waals surface area contributed by atoms with Crippen molar-refractivity contribution in [3.05, 3.63) is 52.8 Å². The quantitative estimate of drug-likeness (QED) is 0.815. The lowest BCUT2D eigenvalue weighted by atomic mass is 9.98. The van der Waals surface area contributed by atoms with Crippen LogP contribution >= 0.6 is 0 Å². The monoisotopic (exact) mass is 329 g/mol. The molecule has 128 valence electrons. The van der Waals surface area contributed by atoms with Gasteiger partial charge in [-0.2, -0.15) is 5.10 Å². The predicted molar refractivity (Wildman–Crippen MR) is 91.0 cm³/mol. The van der Waals surface area contributed by atoms with Crippen LogP contribution in [0.1, 0.15) is 34.2 Å². The zero-order chi connectivity index (χ0) is 17.7. The minimum atomic E-state index is -0.919. The topological polar surface area (TPSA) is 84.2 Å². The molecule has 0 aliphatic carbocycles. The normalized spacial score (nSPS) is 12.0. The summed E-state index contributed by atoms with van der Waals surface area (Å²) in [4.78, 5) is 23.8. The first-order valence-corrected chi connectivity index (χ1v) is 8.01. The summed E-state index contributed by atoms with van der Waals surface area (Å²) in [6.45, 7) is 6.36. The van der Waals surface area contributed by atoms with Crippen LogP contribution in [0.15, 0.2) is 30.3 Å². The van der Waals surface area contributed by atoms with Crippen molar-refractivity contribution >= 4 is 11.9 Å². The maximum Gasteiger partial charge on any atom is 0.308 e. The average molecular weight is 329 g/mol. The smallest absolute Gasteiger partial charge is 0.308 e. The van der Waals surface area contributed by atoms with Crippen LogP contribution in [0.5, 0.6) is 0 Å². The zero-order valence-electron chi connectivity index (χ0n) is 14.2. The minimum absolute atomic E-state index is 0.0794. The fourth-order valence-corrected chi connectivity index (χ4v) is 2.65. The Morgan fingerprint density at radius 1 is 1.29 bits per heavy atom. The molecule has 0 aliphatic heterocycles. The van der Waals surface area contributed by atoms with E-state index in [0.29, 0.717) is 18.7 Å². The van der Waals surface area contributed by atoms with Gasteiger partial charge in [-0.1, -0.05) is 29.8 Å². The SMILES string of the molecule is CCn1nc(C)cc1C(=O)NCC(Cc1cccc(C)c1)C(=O)O. The van der Waals surface area contributed by atoms with Gasteiger partial charge < -0.3 is 10.4 Å². The summed E-state index contributed by atoms with van der Waals surface area (Å²) in [5.41, 5.74) is 3.25. The van der Waals surface area contributed by atoms with E-state index in [-0.39, 0.29) is 12.5 Å². The van der Waals surface area contributed by atoms with Crippen LogP contribution in [0, 0.1) is 19.8 Å². The molecule has 2 aromatic rings. The van der Waals surface area contributed by atoms with Gasteiger partial charge in [0, 0.05) is 13.1 Å². The van der Waals surface area contributed by atoms with E-state index in [1.165, 1.54) is 0 Å². The van der Waals surface area contributed by atoms with Crippen LogP contribution in [-0.2, 0) is 17.8 Å². The third kappa shape index (κ3) is 4.44. The van der Waals surface area contributed by atoms with Crippen molar-refractivity contribution in [2.24, 2.45) is 5.92 Å². The number of hydrogen-bond donors (Lipinski definition) is 2. The van der Waals surface area contributed by atoms with Gasteiger partial charge in [0.2, 0.25) is 0 Å². The standard InChI is InChI=1S/C18H23N3O3/c1-4-21-16(9-13(3)20-21)17(22)19-11-15(18(23)24)10-14-7-5-6-12(2)8-14/h5-9,15H,4,10-11H2,1-3H3,(H,19,22)(H,23,24). The summed E-state index contributed by atoms with van der Waals surface area (Å²) in [6, 6.07) is 9.45. The Hall–Kier alpha value is -2.63. The van der Waals surface area contributed by atoms with Crippen molar-refractivity contribution in [1.29, 1.82) is 0 Å². The third-order valence-electron chi connectivity index (χ3n) is 3.86. The van der Waals surface area contributed by atoms with Gasteiger partial charge in [0.15, 0.2) is 0 Å². The highest BCUT2D eigenvalue weighted by molar-refractivity contribution is 5.92. The highest BCUT2D eigenvalue weighted by atomic mass is 16.4. The number of rotatable bonds is 7. The van der Waals surface area contributed by atoms with Gasteiger partial charge in [-0.15, -0.1) is 0 Å². The van der Waals surface area contributed by atoms with Crippen molar-refractivity contribution in [3.8, 4) is 0 Å². The Morgan fingerprint density at radius 2 is 2.04 bits per heavy atom. The number of aromatic nitrogens is 2. The highest BCUT2D eigenvalue weighted by Crippen LogP contribution is 2.11. The Kier molecular flexibility index (Phi) is 5.73. The highest BCUT2D eigenvalue weighted by Gasteiger charge is 2.21. The number of carbonyl (C=O) groups is 2. The predicted octanol–water partition coefficient (Wildman–Crippen LogP) is 2.19. The second kappa shape index (κ2) is 7.77. The summed E-state index contributed by atoms with van der Waals surface area (Å²) in [5.74, 6) is -1.89. The molecule has 1 aromatic heterocycles. The molecule has 1 heterocycles. The lowest BCUT2D eigenvalue weighted by Gasteiger charge is -2.14. The molecule has 6 nitrogen and oxygen atoms in total. The number of nitrogens with zero attached hydrogens (tertiary/aromatic N) is 2. The molecular weight excluding hydrogens is 306 g/mol. The van der Waals surface area contributed by atoms with Crippen molar-refractivity contribution in [1.82, 2.24) is 15.1 Å². The molecule has 6 heteroatoms. The van der Waals surface area contributed by atoms with Crippen LogP contribution in [0.3, 0.4) is 0 Å². The Bertz CT molecular complexity index is 737. The molecule has 1 aromatic carbocycles. The minimum Gasteiger partial charge on any atom is -0.481 e. The molecular formula is C18H23N3O3. The van der Waals surface area contributed by atoms with Gasteiger partial charge in [0.05, 0.1) is 11.6 Å². The fraction of sp³-hybridized carbons (Fsp3) is 0.389. The molecule has 1 unspecified atom stereocenters. The number of carboxylic acids is 1. The second-order valence-electron chi connectivity index (χ2n) is 5.93. The number of aliphatic carboxylic acids is 1. The van der Waals surface area contributed by atoms with Crippen molar-refractivity contribution in [2.45, 2.75) is 33.7 Å². The largest absolute Gasteiger partial charge is 0.481 e. The Balaban J connectivity index is 2.03. The van der Waals surface area contributed by atoms with E-state index in [1.54, 1.807) is 10.7 Å². The van der Waals surface area contributed by atoms with Gasteiger partial charge >= 0.3 is 5.97 Å². The Labute approximate surface area is 141 Å². The van der Waals surface area contributed by atoms with E-state index < -0.39 is 11.9 Å². The van der Waals surface area contributed by atoms with E-state index in [9.17, 15) is 14.7 Å². The molecule has 0 radical (unpaired) electrons. The van der Waals surface area contributed by atoms with E-state index in [2.05, 4.69) is 10.4 Å². The van der Waals surface area contributed by atoms with Gasteiger partial charge in [-0.3, -0.25) is 14.3 Å². The van der Waals surface area contributed by atoms with E-state index >= 15 is 0 Å². The van der Waals surface area contributed by atoms with E-state index in [4.69, 9.17) is 0 Å². The van der Waals surface area contributed by atoms with Crippen molar-refractivity contribution in [3.63, 3.8) is 0 Å². The van der Waals surface area contributed by atoms with Crippen LogP contribution in [-0.4, -0.2) is 33.3 Å². The van der Waals surface area contributed by atoms with E-state index in [0.717, 1.165) is 16.8 Å². The molecule has 24 heavy (non-hydrogen) atoms. The van der Waals surface area contributed by atoms with Gasteiger partial charge in [0.25, 0.3) is 5.91 Å². The molecule has 0 saturated carbocycles. The van der Waals surface area contributed by atoms with Gasteiger partial charge in [0.1, 0.15) is 5.69 Å². The summed E-state index contributed by atoms with van der Waals surface area (Å²) in [7, 11) is 0. The first-order valence-electron chi connectivity index (χ1n) is 8.01. The lowest BCUT2D eigenvalue weighted by molar-refractivity contribution is -0.141. The second-order valence-corrected chi connectivity index (χ2v) is 5.93. The molecule has 2 N–H and O–H groups in total. The maximum atomic E-state index is 12.3. The molecule has 2 rings (SSSR count). The number of hydrogen-bond acceptors (Lipinski definition) is 3. The number of aryl methyl sites for hydroxylation is 3. The van der Waals surface area contributed by atoms with Crippen molar-refractivity contribution in [2.75, 3.05) is 6.54 Å². The van der Waals surface area contributed by atoms with Gasteiger partial charge in [-0.05, 0) is 38.8 Å². The third-order valence-corrected chi connectivity index (χ3v) is 3.86. The molecule has 0 aliphatic rings. The molecule has 1 atom stereocenters. The number of carboxylic acid groups (broad SMARTS) is 1. The molecule has 1 amide bonds. The van der Waals surface area contributed by atoms with Crippen LogP contribution in [0.2, 0.25) is 0 Å². The van der Waals surface area contributed by atoms with Gasteiger partial charge in [-0.25, -0.2) is 0 Å². The zero-order valence-corrected chi connectivity index (χ0v) is 14.2. The molecule has 0 fully saturated rings. The molecule has 0 saturated heterocycles. The average Bonchev–Trinajstić information content (AvgIpc) is 2.92. The first-order chi connectivity index (χ1) is 11.4. The first kappa shape index (κ1) is 17.7. The summed E-state index contributed by atoms with van der Waals surface area (Å²) >= 11 is 0. The Morgan fingerprint density at radius 3 is 2.67 bits per heavy atom. The lowest BCUT2D eigenvalue weighted by Crippen LogP contribution is -2.35. The molecule has 0 bridgehead atoms. The summed E-state index contributed by atoms with van der Waals surface area (Å²) in [5, 5.41) is 16.4.